The Morgan fingerprint density at radius 1 is 1.11 bits per heavy atom. The molecular formula is C19H17BrN2O4S. The number of thioether (sulfide) groups is 1. The minimum absolute atomic E-state index is 0.00530. The number of aromatic nitrogens is 2. The van der Waals surface area contributed by atoms with Gasteiger partial charge < -0.3 is 13.9 Å². The molecule has 6 nitrogen and oxygen atoms in total. The lowest BCUT2D eigenvalue weighted by Gasteiger charge is -2.08. The van der Waals surface area contributed by atoms with Crippen LogP contribution in [0.3, 0.4) is 0 Å². The van der Waals surface area contributed by atoms with E-state index in [0.717, 1.165) is 4.47 Å². The zero-order valence-electron chi connectivity index (χ0n) is 14.9. The largest absolute Gasteiger partial charge is 0.497 e. The number of ether oxygens (including phenoxy) is 2. The van der Waals surface area contributed by atoms with Crippen LogP contribution >= 0.6 is 27.7 Å². The number of halogens is 1. The molecule has 0 saturated heterocycles. The summed E-state index contributed by atoms with van der Waals surface area (Å²) in [5.41, 5.74) is 1.29. The summed E-state index contributed by atoms with van der Waals surface area (Å²) >= 11 is 4.58. The van der Waals surface area contributed by atoms with Crippen molar-refractivity contribution in [2.45, 2.75) is 17.4 Å². The van der Waals surface area contributed by atoms with Crippen LogP contribution in [0.4, 0.5) is 0 Å². The average molecular weight is 449 g/mol. The second kappa shape index (κ2) is 8.58. The van der Waals surface area contributed by atoms with E-state index < -0.39 is 0 Å². The van der Waals surface area contributed by atoms with Crippen molar-refractivity contribution >= 4 is 33.5 Å². The van der Waals surface area contributed by atoms with Crippen LogP contribution in [0.1, 0.15) is 17.3 Å². The number of hydrogen-bond donors (Lipinski definition) is 0. The number of nitrogens with zero attached hydrogens (tertiary/aromatic N) is 2. The van der Waals surface area contributed by atoms with E-state index in [9.17, 15) is 4.79 Å². The molecule has 0 aliphatic rings. The van der Waals surface area contributed by atoms with Gasteiger partial charge in [-0.3, -0.25) is 4.79 Å². The number of methoxy groups -OCH3 is 2. The highest BCUT2D eigenvalue weighted by atomic mass is 79.9. The normalized spacial score (nSPS) is 11.9. The van der Waals surface area contributed by atoms with E-state index in [4.69, 9.17) is 13.9 Å². The summed E-state index contributed by atoms with van der Waals surface area (Å²) in [5.74, 6) is 1.54. The number of hydrogen-bond acceptors (Lipinski definition) is 7. The molecule has 0 aliphatic heterocycles. The van der Waals surface area contributed by atoms with Crippen molar-refractivity contribution in [1.29, 1.82) is 0 Å². The summed E-state index contributed by atoms with van der Waals surface area (Å²) in [6.45, 7) is 1.81. The Kier molecular flexibility index (Phi) is 6.18. The van der Waals surface area contributed by atoms with Gasteiger partial charge in [0.05, 0.1) is 25.0 Å². The molecule has 8 heteroatoms. The van der Waals surface area contributed by atoms with Gasteiger partial charge in [-0.2, -0.15) is 0 Å². The van der Waals surface area contributed by atoms with Gasteiger partial charge in [-0.1, -0.05) is 39.8 Å². The molecule has 0 radical (unpaired) electrons. The van der Waals surface area contributed by atoms with Crippen molar-refractivity contribution < 1.29 is 18.7 Å². The van der Waals surface area contributed by atoms with Crippen LogP contribution in [0.2, 0.25) is 0 Å². The Bertz CT molecular complexity index is 943. The molecule has 0 bridgehead atoms. The molecule has 0 unspecified atom stereocenters. The molecule has 3 aromatic rings. The van der Waals surface area contributed by atoms with Crippen molar-refractivity contribution in [2.24, 2.45) is 0 Å². The second-order valence-electron chi connectivity index (χ2n) is 5.57. The van der Waals surface area contributed by atoms with Crippen LogP contribution in [0.25, 0.3) is 11.5 Å². The first-order chi connectivity index (χ1) is 13.0. The molecule has 1 aromatic heterocycles. The van der Waals surface area contributed by atoms with Gasteiger partial charge in [-0.15, -0.1) is 10.2 Å². The van der Waals surface area contributed by atoms with Crippen LogP contribution < -0.4 is 9.47 Å². The van der Waals surface area contributed by atoms with Gasteiger partial charge in [-0.25, -0.2) is 0 Å². The van der Waals surface area contributed by atoms with E-state index >= 15 is 0 Å². The standard InChI is InChI=1S/C19H17BrN2O4S/c1-11(17(23)12-4-6-13(20)7-5-12)27-19-22-21-18(26-19)15-9-8-14(24-2)10-16(15)25-3/h4-11H,1-3H3/t11-/m1/s1. The fourth-order valence-corrected chi connectivity index (χ4v) is 3.42. The van der Waals surface area contributed by atoms with Gasteiger partial charge in [-0.05, 0) is 31.2 Å². The molecule has 27 heavy (non-hydrogen) atoms. The Morgan fingerprint density at radius 3 is 2.52 bits per heavy atom. The lowest BCUT2D eigenvalue weighted by Crippen LogP contribution is -2.13. The first-order valence-corrected chi connectivity index (χ1v) is 9.71. The van der Waals surface area contributed by atoms with Gasteiger partial charge >= 0.3 is 0 Å². The number of rotatable bonds is 7. The van der Waals surface area contributed by atoms with Crippen molar-refractivity contribution in [1.82, 2.24) is 10.2 Å². The van der Waals surface area contributed by atoms with E-state index in [1.807, 2.05) is 19.1 Å². The lowest BCUT2D eigenvalue weighted by atomic mass is 10.1. The fourth-order valence-electron chi connectivity index (χ4n) is 2.40. The first-order valence-electron chi connectivity index (χ1n) is 8.04. The smallest absolute Gasteiger partial charge is 0.277 e. The summed E-state index contributed by atoms with van der Waals surface area (Å²) in [6.07, 6.45) is 0. The molecule has 0 aliphatic carbocycles. The highest BCUT2D eigenvalue weighted by Crippen LogP contribution is 2.34. The highest BCUT2D eigenvalue weighted by Gasteiger charge is 2.21. The van der Waals surface area contributed by atoms with Crippen molar-refractivity contribution in [3.8, 4) is 23.0 Å². The Hall–Kier alpha value is -2.32. The molecule has 0 spiro atoms. The zero-order chi connectivity index (χ0) is 19.4. The SMILES string of the molecule is COc1ccc(-c2nnc(S[C@H](C)C(=O)c3ccc(Br)cc3)o2)c(OC)c1. The van der Waals surface area contributed by atoms with E-state index in [-0.39, 0.29) is 11.0 Å². The molecule has 0 amide bonds. The maximum absolute atomic E-state index is 12.5. The van der Waals surface area contributed by atoms with Crippen LogP contribution in [0.5, 0.6) is 11.5 Å². The first kappa shape index (κ1) is 19.4. The van der Waals surface area contributed by atoms with Crippen molar-refractivity contribution in [3.63, 3.8) is 0 Å². The third-order valence-corrected chi connectivity index (χ3v) is 5.28. The van der Waals surface area contributed by atoms with Crippen LogP contribution in [0.15, 0.2) is 56.6 Å². The van der Waals surface area contributed by atoms with Crippen molar-refractivity contribution in [2.75, 3.05) is 14.2 Å². The van der Waals surface area contributed by atoms with Gasteiger partial charge in [0.15, 0.2) is 5.78 Å². The number of carbonyl (C=O) groups excluding carboxylic acids is 1. The maximum Gasteiger partial charge on any atom is 0.277 e. The third-order valence-electron chi connectivity index (χ3n) is 3.82. The zero-order valence-corrected chi connectivity index (χ0v) is 17.3. The molecule has 0 N–H and O–H groups in total. The number of benzene rings is 2. The van der Waals surface area contributed by atoms with Gasteiger partial charge in [0.25, 0.3) is 11.1 Å². The summed E-state index contributed by atoms with van der Waals surface area (Å²) < 4.78 is 17.2. The monoisotopic (exact) mass is 448 g/mol. The number of ketones is 1. The van der Waals surface area contributed by atoms with Crippen molar-refractivity contribution in [3.05, 3.63) is 52.5 Å². The lowest BCUT2D eigenvalue weighted by molar-refractivity contribution is 0.0993. The van der Waals surface area contributed by atoms with Gasteiger partial charge in [0, 0.05) is 16.1 Å². The number of carbonyl (C=O) groups is 1. The average Bonchev–Trinajstić information content (AvgIpc) is 3.15. The van der Waals surface area contributed by atoms with Gasteiger partial charge in [0.1, 0.15) is 11.5 Å². The molecular weight excluding hydrogens is 432 g/mol. The second-order valence-corrected chi connectivity index (χ2v) is 7.78. The Morgan fingerprint density at radius 2 is 1.85 bits per heavy atom. The fraction of sp³-hybridized carbons (Fsp3) is 0.211. The number of Topliss-reactive ketones (excluding diaryl/α,β-unsaturated/α-hetero) is 1. The van der Waals surface area contributed by atoms with E-state index in [1.165, 1.54) is 11.8 Å². The molecule has 1 atom stereocenters. The van der Waals surface area contributed by atoms with E-state index in [1.54, 1.807) is 44.6 Å². The third kappa shape index (κ3) is 4.51. The maximum atomic E-state index is 12.5. The Labute approximate surface area is 169 Å². The predicted molar refractivity (Wildman–Crippen MR) is 107 cm³/mol. The quantitative estimate of drug-likeness (QED) is 0.376. The summed E-state index contributed by atoms with van der Waals surface area (Å²) in [5, 5.41) is 8.07. The molecule has 2 aromatic carbocycles. The van der Waals surface area contributed by atoms with E-state index in [0.29, 0.717) is 33.7 Å². The topological polar surface area (TPSA) is 74.5 Å². The molecule has 0 saturated carbocycles. The van der Waals surface area contributed by atoms with Crippen LogP contribution in [-0.2, 0) is 0 Å². The van der Waals surface area contributed by atoms with Crippen LogP contribution in [-0.4, -0.2) is 35.5 Å². The molecule has 3 rings (SSSR count). The summed E-state index contributed by atoms with van der Waals surface area (Å²) in [4.78, 5) is 12.5. The molecule has 140 valence electrons. The highest BCUT2D eigenvalue weighted by molar-refractivity contribution is 9.10. The predicted octanol–water partition coefficient (Wildman–Crippen LogP) is 4.88. The minimum Gasteiger partial charge on any atom is -0.497 e. The molecule has 0 fully saturated rings. The Balaban J connectivity index is 1.76. The summed E-state index contributed by atoms with van der Waals surface area (Å²) in [6, 6.07) is 12.6. The van der Waals surface area contributed by atoms with Crippen LogP contribution in [0, 0.1) is 0 Å². The van der Waals surface area contributed by atoms with E-state index in [2.05, 4.69) is 26.1 Å². The van der Waals surface area contributed by atoms with Gasteiger partial charge in [0.2, 0.25) is 0 Å². The molecule has 1 heterocycles. The summed E-state index contributed by atoms with van der Waals surface area (Å²) in [7, 11) is 3.14. The minimum atomic E-state index is -0.364.